The first kappa shape index (κ1) is 8.75. The van der Waals surface area contributed by atoms with Gasteiger partial charge in [0.1, 0.15) is 5.82 Å². The van der Waals surface area contributed by atoms with Gasteiger partial charge in [-0.25, -0.2) is 4.39 Å². The van der Waals surface area contributed by atoms with Crippen LogP contribution in [0.1, 0.15) is 18.0 Å². The van der Waals surface area contributed by atoms with E-state index in [-0.39, 0.29) is 11.4 Å². The third-order valence-electron chi connectivity index (χ3n) is 1.38. The molecule has 0 heterocycles. The van der Waals surface area contributed by atoms with E-state index in [1.165, 1.54) is 12.1 Å². The van der Waals surface area contributed by atoms with Gasteiger partial charge in [-0.15, -0.1) is 0 Å². The lowest BCUT2D eigenvalue weighted by Crippen LogP contribution is -1.92. The first-order chi connectivity index (χ1) is 5.09. The number of rotatable bonds is 1. The van der Waals surface area contributed by atoms with E-state index in [1.807, 2.05) is 6.92 Å². The largest absolute Gasteiger partial charge is 0.207 e. The monoisotopic (exact) mass is 185 g/mol. The van der Waals surface area contributed by atoms with Gasteiger partial charge < -0.3 is 0 Å². The van der Waals surface area contributed by atoms with Gasteiger partial charge in [0.15, 0.2) is 0 Å². The van der Waals surface area contributed by atoms with E-state index in [1.54, 1.807) is 6.07 Å². The summed E-state index contributed by atoms with van der Waals surface area (Å²) < 4.78 is 12.7. The maximum absolute atomic E-state index is 12.7. The van der Waals surface area contributed by atoms with Crippen molar-refractivity contribution in [1.82, 2.24) is 0 Å². The minimum absolute atomic E-state index is 0.128. The highest BCUT2D eigenvalue weighted by Crippen LogP contribution is 2.18. The number of halogens is 2. The van der Waals surface area contributed by atoms with Crippen LogP contribution in [0.15, 0.2) is 18.2 Å². The Balaban J connectivity index is 3.08. The Morgan fingerprint density at radius 2 is 2.09 bits per heavy atom. The van der Waals surface area contributed by atoms with E-state index in [2.05, 4.69) is 10.2 Å². The van der Waals surface area contributed by atoms with Gasteiger partial charge >= 0.3 is 0 Å². The molecule has 1 unspecified atom stereocenters. The van der Waals surface area contributed by atoms with Crippen molar-refractivity contribution in [3.63, 3.8) is 0 Å². The molecular weight excluding hydrogens is 179 g/mol. The molecule has 0 aliphatic heterocycles. The molecule has 0 nitrogen and oxygen atoms in total. The van der Waals surface area contributed by atoms with Gasteiger partial charge in [-0.3, -0.25) is 0 Å². The zero-order valence-electron chi connectivity index (χ0n) is 6.07. The minimum Gasteiger partial charge on any atom is -0.207 e. The molecule has 57 valence electrons. The van der Waals surface area contributed by atoms with E-state index in [9.17, 15) is 4.39 Å². The summed E-state index contributed by atoms with van der Waals surface area (Å²) in [6.07, 6.45) is 0. The average molecular weight is 186 g/mol. The smallest absolute Gasteiger partial charge is 0.124 e. The van der Waals surface area contributed by atoms with Crippen LogP contribution in [0.4, 0.5) is 4.39 Å². The maximum Gasteiger partial charge on any atom is 0.124 e. The van der Waals surface area contributed by atoms with E-state index in [0.717, 1.165) is 5.56 Å². The summed E-state index contributed by atoms with van der Waals surface area (Å²) in [4.78, 5) is 0. The quantitative estimate of drug-likeness (QED) is 0.591. The zero-order valence-corrected chi connectivity index (χ0v) is 7.82. The van der Waals surface area contributed by atoms with E-state index >= 15 is 0 Å². The van der Waals surface area contributed by atoms with Crippen molar-refractivity contribution < 1.29 is 4.39 Å². The molecule has 3 heteroatoms. The SMILES string of the molecule is CC([Si])c1cc(F)cc(Cl)c1. The Morgan fingerprint density at radius 3 is 2.55 bits per heavy atom. The second kappa shape index (κ2) is 3.37. The molecule has 0 aromatic heterocycles. The van der Waals surface area contributed by atoms with Gasteiger partial charge in [-0.05, 0) is 29.3 Å². The molecule has 11 heavy (non-hydrogen) atoms. The molecule has 0 N–H and O–H groups in total. The lowest BCUT2D eigenvalue weighted by Gasteiger charge is -2.04. The van der Waals surface area contributed by atoms with Crippen molar-refractivity contribution in [2.75, 3.05) is 0 Å². The summed E-state index contributed by atoms with van der Waals surface area (Å²) in [7, 11) is 3.37. The molecule has 1 aromatic carbocycles. The summed E-state index contributed by atoms with van der Waals surface area (Å²) in [5.74, 6) is -0.294. The van der Waals surface area contributed by atoms with Gasteiger partial charge in [0, 0.05) is 15.3 Å². The highest BCUT2D eigenvalue weighted by atomic mass is 35.5. The van der Waals surface area contributed by atoms with Crippen LogP contribution >= 0.6 is 11.6 Å². The van der Waals surface area contributed by atoms with Crippen LogP contribution in [0.25, 0.3) is 0 Å². The van der Waals surface area contributed by atoms with E-state index in [0.29, 0.717) is 5.02 Å². The van der Waals surface area contributed by atoms with Crippen molar-refractivity contribution in [2.24, 2.45) is 0 Å². The summed E-state index contributed by atoms with van der Waals surface area (Å²) in [5.41, 5.74) is 0.981. The molecule has 0 bridgehead atoms. The predicted octanol–water partition coefficient (Wildman–Crippen LogP) is 2.71. The fraction of sp³-hybridized carbons (Fsp3) is 0.250. The second-order valence-electron chi connectivity index (χ2n) is 2.42. The molecule has 0 aliphatic carbocycles. The molecule has 0 saturated carbocycles. The number of hydrogen-bond donors (Lipinski definition) is 0. The highest BCUT2D eigenvalue weighted by Gasteiger charge is 2.02. The third-order valence-corrected chi connectivity index (χ3v) is 1.94. The van der Waals surface area contributed by atoms with Gasteiger partial charge in [0.2, 0.25) is 0 Å². The molecule has 0 aliphatic rings. The van der Waals surface area contributed by atoms with Crippen LogP contribution in [0.5, 0.6) is 0 Å². The Bertz CT molecular complexity index is 240. The fourth-order valence-corrected chi connectivity index (χ4v) is 1.22. The first-order valence-electron chi connectivity index (χ1n) is 3.26. The summed E-state index contributed by atoms with van der Waals surface area (Å²) in [6.45, 7) is 1.92. The Hall–Kier alpha value is -0.343. The van der Waals surface area contributed by atoms with Crippen molar-refractivity contribution in [1.29, 1.82) is 0 Å². The predicted molar refractivity (Wildman–Crippen MR) is 45.6 cm³/mol. The Labute approximate surface area is 73.8 Å². The third kappa shape index (κ3) is 2.31. The van der Waals surface area contributed by atoms with Crippen LogP contribution in [0.2, 0.25) is 5.02 Å². The van der Waals surface area contributed by atoms with Crippen molar-refractivity contribution in [2.45, 2.75) is 12.5 Å². The number of benzene rings is 1. The van der Waals surface area contributed by atoms with Crippen molar-refractivity contribution in [3.8, 4) is 0 Å². The Kier molecular flexibility index (Phi) is 2.68. The normalized spacial score (nSPS) is 13.1. The molecular formula is C8H7ClFSi. The zero-order chi connectivity index (χ0) is 8.43. The van der Waals surface area contributed by atoms with Crippen LogP contribution in [-0.2, 0) is 0 Å². The van der Waals surface area contributed by atoms with Gasteiger partial charge in [0.05, 0.1) is 0 Å². The second-order valence-corrected chi connectivity index (χ2v) is 3.73. The topological polar surface area (TPSA) is 0 Å². The van der Waals surface area contributed by atoms with Crippen LogP contribution in [0.3, 0.4) is 0 Å². The van der Waals surface area contributed by atoms with Crippen LogP contribution in [-0.4, -0.2) is 10.2 Å². The van der Waals surface area contributed by atoms with Gasteiger partial charge in [-0.1, -0.05) is 18.5 Å². The molecule has 0 saturated heterocycles. The average Bonchev–Trinajstić information content (AvgIpc) is 1.85. The molecule has 0 fully saturated rings. The first-order valence-corrected chi connectivity index (χ1v) is 4.22. The van der Waals surface area contributed by atoms with Crippen molar-refractivity contribution >= 4 is 21.8 Å². The van der Waals surface area contributed by atoms with Crippen LogP contribution < -0.4 is 0 Å². The molecule has 3 radical (unpaired) electrons. The number of hydrogen-bond acceptors (Lipinski definition) is 0. The highest BCUT2D eigenvalue weighted by molar-refractivity contribution is 6.30. The minimum atomic E-state index is -0.294. The molecule has 1 aromatic rings. The van der Waals surface area contributed by atoms with Crippen LogP contribution in [0, 0.1) is 5.82 Å². The van der Waals surface area contributed by atoms with Crippen molar-refractivity contribution in [3.05, 3.63) is 34.6 Å². The Morgan fingerprint density at radius 1 is 1.45 bits per heavy atom. The fourth-order valence-electron chi connectivity index (χ4n) is 0.825. The summed E-state index contributed by atoms with van der Waals surface area (Å²) in [6, 6.07) is 4.49. The lowest BCUT2D eigenvalue weighted by atomic mass is 10.1. The van der Waals surface area contributed by atoms with E-state index < -0.39 is 0 Å². The standard InChI is InChI=1S/C8H7ClFSi/c1-5(11)6-2-7(9)4-8(10)3-6/h2-5H,1H3. The maximum atomic E-state index is 12.7. The summed E-state index contributed by atoms with van der Waals surface area (Å²) in [5, 5.41) is 0.435. The van der Waals surface area contributed by atoms with Gasteiger partial charge in [0.25, 0.3) is 0 Å². The lowest BCUT2D eigenvalue weighted by molar-refractivity contribution is 0.625. The summed E-state index contributed by atoms with van der Waals surface area (Å²) >= 11 is 5.63. The molecule has 0 spiro atoms. The molecule has 1 atom stereocenters. The van der Waals surface area contributed by atoms with Gasteiger partial charge in [-0.2, -0.15) is 0 Å². The molecule has 0 amide bonds. The molecule has 1 rings (SSSR count). The van der Waals surface area contributed by atoms with E-state index in [4.69, 9.17) is 11.6 Å².